The van der Waals surface area contributed by atoms with Gasteiger partial charge in [-0.05, 0) is 42.4 Å². The van der Waals surface area contributed by atoms with E-state index in [0.717, 1.165) is 43.1 Å². The van der Waals surface area contributed by atoms with E-state index in [-0.39, 0.29) is 11.9 Å². The number of hydrogen-bond acceptors (Lipinski definition) is 4. The monoisotopic (exact) mass is 339 g/mol. The van der Waals surface area contributed by atoms with Crippen LogP contribution in [0, 0.1) is 17.1 Å². The van der Waals surface area contributed by atoms with Crippen molar-refractivity contribution in [2.45, 2.75) is 12.6 Å². The smallest absolute Gasteiger partial charge is 0.123 e. The average Bonchev–Trinajstić information content (AvgIpc) is 2.64. The molecule has 3 rings (SSSR count). The quantitative estimate of drug-likeness (QED) is 0.838. The van der Waals surface area contributed by atoms with Gasteiger partial charge in [0.25, 0.3) is 0 Å². The van der Waals surface area contributed by atoms with E-state index in [1.807, 2.05) is 24.3 Å². The number of nitrogens with zero attached hydrogens (tertiary/aromatic N) is 3. The molecule has 4 nitrogen and oxygen atoms in total. The van der Waals surface area contributed by atoms with Gasteiger partial charge in [0, 0.05) is 26.2 Å². The van der Waals surface area contributed by atoms with Gasteiger partial charge in [-0.2, -0.15) is 5.26 Å². The molecule has 0 amide bonds. The molecule has 130 valence electrons. The highest BCUT2D eigenvalue weighted by Crippen LogP contribution is 2.24. The summed E-state index contributed by atoms with van der Waals surface area (Å²) in [5, 5.41) is 9.57. The van der Waals surface area contributed by atoms with Gasteiger partial charge in [-0.3, -0.25) is 4.90 Å². The molecule has 1 saturated heterocycles. The van der Waals surface area contributed by atoms with Gasteiger partial charge in [0.05, 0.1) is 6.07 Å². The summed E-state index contributed by atoms with van der Waals surface area (Å²) in [6, 6.07) is 16.1. The van der Waals surface area contributed by atoms with Crippen LogP contribution in [0.5, 0.6) is 5.75 Å². The molecule has 2 aromatic rings. The predicted molar refractivity (Wildman–Crippen MR) is 94.6 cm³/mol. The average molecular weight is 339 g/mol. The fourth-order valence-electron chi connectivity index (χ4n) is 2.94. The van der Waals surface area contributed by atoms with Crippen LogP contribution in [0.4, 0.5) is 4.39 Å². The Bertz CT molecular complexity index is 716. The summed E-state index contributed by atoms with van der Waals surface area (Å²) in [4.78, 5) is 4.49. The van der Waals surface area contributed by atoms with E-state index in [0.29, 0.717) is 6.61 Å². The summed E-state index contributed by atoms with van der Waals surface area (Å²) in [7, 11) is 2.10. The third-order valence-corrected chi connectivity index (χ3v) is 4.54. The number of piperazine rings is 1. The summed E-state index contributed by atoms with van der Waals surface area (Å²) in [6.45, 7) is 4.16. The lowest BCUT2D eigenvalue weighted by Gasteiger charge is -2.35. The minimum atomic E-state index is -0.250. The van der Waals surface area contributed by atoms with Crippen LogP contribution in [0.2, 0.25) is 0 Å². The minimum Gasteiger partial charge on any atom is -0.489 e. The molecular formula is C20H22FN3O. The second kappa shape index (κ2) is 8.11. The van der Waals surface area contributed by atoms with Gasteiger partial charge in [-0.25, -0.2) is 4.39 Å². The first-order valence-corrected chi connectivity index (χ1v) is 8.45. The number of hydrogen-bond donors (Lipinski definition) is 0. The summed E-state index contributed by atoms with van der Waals surface area (Å²) in [6.07, 6.45) is 0. The van der Waals surface area contributed by atoms with E-state index < -0.39 is 0 Å². The summed E-state index contributed by atoms with van der Waals surface area (Å²) >= 11 is 0. The molecular weight excluding hydrogens is 317 g/mol. The summed E-state index contributed by atoms with van der Waals surface area (Å²) < 4.78 is 18.6. The van der Waals surface area contributed by atoms with Crippen molar-refractivity contribution in [1.82, 2.24) is 9.80 Å². The third kappa shape index (κ3) is 4.56. The molecule has 1 fully saturated rings. The SMILES string of the molecule is CN1CCN(C(C#N)c2ccc(OCc3ccc(F)cc3)cc2)CC1. The topological polar surface area (TPSA) is 39.5 Å². The van der Waals surface area contributed by atoms with E-state index in [9.17, 15) is 9.65 Å². The normalized spacial score (nSPS) is 17.0. The molecule has 0 saturated carbocycles. The van der Waals surface area contributed by atoms with Crippen molar-refractivity contribution in [3.05, 3.63) is 65.5 Å². The maximum Gasteiger partial charge on any atom is 0.123 e. The molecule has 0 bridgehead atoms. The van der Waals surface area contributed by atoms with E-state index in [4.69, 9.17) is 4.74 Å². The van der Waals surface area contributed by atoms with E-state index >= 15 is 0 Å². The molecule has 0 aromatic heterocycles. The zero-order valence-corrected chi connectivity index (χ0v) is 14.4. The highest BCUT2D eigenvalue weighted by molar-refractivity contribution is 5.32. The molecule has 1 aliphatic heterocycles. The lowest BCUT2D eigenvalue weighted by molar-refractivity contribution is 0.133. The van der Waals surface area contributed by atoms with Gasteiger partial charge < -0.3 is 9.64 Å². The molecule has 1 heterocycles. The number of likely N-dealkylation sites (N-methyl/N-ethyl adjacent to an activating group) is 1. The Labute approximate surface area is 148 Å². The van der Waals surface area contributed by atoms with Crippen LogP contribution in [0.25, 0.3) is 0 Å². The van der Waals surface area contributed by atoms with Crippen LogP contribution in [-0.2, 0) is 6.61 Å². The third-order valence-electron chi connectivity index (χ3n) is 4.54. The first-order chi connectivity index (χ1) is 12.2. The maximum atomic E-state index is 12.9. The van der Waals surface area contributed by atoms with Crippen molar-refractivity contribution in [3.63, 3.8) is 0 Å². The van der Waals surface area contributed by atoms with E-state index in [1.165, 1.54) is 12.1 Å². The largest absolute Gasteiger partial charge is 0.489 e. The van der Waals surface area contributed by atoms with Gasteiger partial charge in [-0.15, -0.1) is 0 Å². The summed E-state index contributed by atoms with van der Waals surface area (Å²) in [5.74, 6) is 0.489. The Kier molecular flexibility index (Phi) is 5.64. The fourth-order valence-corrected chi connectivity index (χ4v) is 2.94. The van der Waals surface area contributed by atoms with Gasteiger partial charge in [0.1, 0.15) is 24.2 Å². The number of nitriles is 1. The number of benzene rings is 2. The van der Waals surface area contributed by atoms with Crippen LogP contribution in [-0.4, -0.2) is 43.0 Å². The van der Waals surface area contributed by atoms with Gasteiger partial charge in [-0.1, -0.05) is 24.3 Å². The molecule has 1 aliphatic rings. The highest BCUT2D eigenvalue weighted by Gasteiger charge is 2.23. The van der Waals surface area contributed by atoms with E-state index in [2.05, 4.69) is 22.9 Å². The fraction of sp³-hybridized carbons (Fsp3) is 0.350. The molecule has 0 spiro atoms. The molecule has 2 aromatic carbocycles. The number of halogens is 1. The first-order valence-electron chi connectivity index (χ1n) is 8.45. The van der Waals surface area contributed by atoms with Crippen LogP contribution in [0.3, 0.4) is 0 Å². The van der Waals surface area contributed by atoms with Crippen LogP contribution in [0.1, 0.15) is 17.2 Å². The molecule has 1 unspecified atom stereocenters. The molecule has 5 heteroatoms. The molecule has 25 heavy (non-hydrogen) atoms. The molecule has 1 atom stereocenters. The Morgan fingerprint density at radius 1 is 1.04 bits per heavy atom. The lowest BCUT2D eigenvalue weighted by atomic mass is 10.1. The Balaban J connectivity index is 1.60. The van der Waals surface area contributed by atoms with Crippen molar-refractivity contribution >= 4 is 0 Å². The van der Waals surface area contributed by atoms with Gasteiger partial charge in [0.2, 0.25) is 0 Å². The van der Waals surface area contributed by atoms with E-state index in [1.54, 1.807) is 12.1 Å². The van der Waals surface area contributed by atoms with Crippen molar-refractivity contribution in [2.24, 2.45) is 0 Å². The summed E-state index contributed by atoms with van der Waals surface area (Å²) in [5.41, 5.74) is 1.90. The van der Waals surface area contributed by atoms with Crippen LogP contribution < -0.4 is 4.74 Å². The zero-order chi connectivity index (χ0) is 17.6. The van der Waals surface area contributed by atoms with Crippen molar-refractivity contribution in [2.75, 3.05) is 33.2 Å². The van der Waals surface area contributed by atoms with Crippen LogP contribution >= 0.6 is 0 Å². The predicted octanol–water partition coefficient (Wildman–Crippen LogP) is 3.22. The van der Waals surface area contributed by atoms with Gasteiger partial charge >= 0.3 is 0 Å². The van der Waals surface area contributed by atoms with Crippen molar-refractivity contribution in [3.8, 4) is 11.8 Å². The number of ether oxygens (including phenoxy) is 1. The zero-order valence-electron chi connectivity index (χ0n) is 14.4. The second-order valence-corrected chi connectivity index (χ2v) is 6.36. The maximum absolute atomic E-state index is 12.9. The molecule has 0 aliphatic carbocycles. The van der Waals surface area contributed by atoms with Crippen LogP contribution in [0.15, 0.2) is 48.5 Å². The van der Waals surface area contributed by atoms with Crippen molar-refractivity contribution < 1.29 is 9.13 Å². The molecule has 0 radical (unpaired) electrons. The lowest BCUT2D eigenvalue weighted by Crippen LogP contribution is -2.45. The first kappa shape index (κ1) is 17.4. The van der Waals surface area contributed by atoms with Gasteiger partial charge in [0.15, 0.2) is 0 Å². The van der Waals surface area contributed by atoms with Crippen molar-refractivity contribution in [1.29, 1.82) is 5.26 Å². The Hall–Kier alpha value is -2.42. The molecule has 0 N–H and O–H groups in total. The Morgan fingerprint density at radius 3 is 2.28 bits per heavy atom. The highest BCUT2D eigenvalue weighted by atomic mass is 19.1. The Morgan fingerprint density at radius 2 is 1.68 bits per heavy atom. The number of rotatable bonds is 5. The standard InChI is InChI=1S/C20H22FN3O/c1-23-10-12-24(13-11-23)20(14-22)17-4-8-19(9-5-17)25-15-16-2-6-18(21)7-3-16/h2-9,20H,10-13,15H2,1H3. The minimum absolute atomic E-state index is 0.222. The second-order valence-electron chi connectivity index (χ2n) is 6.36.